The van der Waals surface area contributed by atoms with Gasteiger partial charge in [0.25, 0.3) is 0 Å². The molecule has 12 heavy (non-hydrogen) atoms. The van der Waals surface area contributed by atoms with Crippen molar-refractivity contribution in [3.63, 3.8) is 0 Å². The second-order valence-corrected chi connectivity index (χ2v) is 3.82. The first kappa shape index (κ1) is 9.96. The van der Waals surface area contributed by atoms with Crippen molar-refractivity contribution >= 4 is 27.5 Å². The Hall–Kier alpha value is -0.120. The van der Waals surface area contributed by atoms with Crippen molar-refractivity contribution in [2.45, 2.75) is 6.04 Å². The number of halogens is 3. The summed E-state index contributed by atoms with van der Waals surface area (Å²) in [6.07, 6.45) is 0. The maximum Gasteiger partial charge on any atom is 0.109 e. The predicted octanol–water partition coefficient (Wildman–Crippen LogP) is 3.07. The van der Waals surface area contributed by atoms with Gasteiger partial charge < -0.3 is 5.73 Å². The predicted molar refractivity (Wildman–Crippen MR) is 52.1 cm³/mol. The Bertz CT molecular complexity index is 260. The molecule has 1 aromatic rings. The molecule has 0 aliphatic rings. The lowest BCUT2D eigenvalue weighted by atomic mass is 10.1. The topological polar surface area (TPSA) is 26.0 Å². The average molecular weight is 253 g/mol. The summed E-state index contributed by atoms with van der Waals surface area (Å²) < 4.78 is 13.0. The molecule has 4 heteroatoms. The zero-order valence-corrected chi connectivity index (χ0v) is 8.57. The maximum atomic E-state index is 12.2. The Labute approximate surface area is 83.8 Å². The van der Waals surface area contributed by atoms with Gasteiger partial charge in [-0.1, -0.05) is 27.5 Å². The van der Waals surface area contributed by atoms with Gasteiger partial charge in [-0.3, -0.25) is 0 Å². The molecule has 1 unspecified atom stereocenters. The van der Waals surface area contributed by atoms with E-state index in [1.165, 1.54) is 0 Å². The van der Waals surface area contributed by atoms with Crippen LogP contribution < -0.4 is 5.73 Å². The number of nitrogens with two attached hydrogens (primary N) is 1. The first-order chi connectivity index (χ1) is 5.63. The zero-order chi connectivity index (χ0) is 9.14. The molecule has 0 radical (unpaired) electrons. The van der Waals surface area contributed by atoms with Gasteiger partial charge in [-0.05, 0) is 23.8 Å². The normalized spacial score (nSPS) is 13.0. The fourth-order valence-corrected chi connectivity index (χ4v) is 1.76. The summed E-state index contributed by atoms with van der Waals surface area (Å²) >= 11 is 8.99. The Morgan fingerprint density at radius 2 is 2.17 bits per heavy atom. The van der Waals surface area contributed by atoms with Crippen LogP contribution in [0, 0.1) is 0 Å². The minimum atomic E-state index is -0.583. The Kier molecular flexibility index (Phi) is 3.50. The smallest absolute Gasteiger partial charge is 0.109 e. The van der Waals surface area contributed by atoms with Crippen molar-refractivity contribution in [1.82, 2.24) is 0 Å². The Morgan fingerprint density at radius 3 is 2.67 bits per heavy atom. The molecule has 1 aromatic carbocycles. The molecule has 1 rings (SSSR count). The molecule has 1 nitrogen and oxygen atoms in total. The molecule has 0 fully saturated rings. The number of alkyl halides is 1. The van der Waals surface area contributed by atoms with Gasteiger partial charge in [-0.2, -0.15) is 0 Å². The van der Waals surface area contributed by atoms with Crippen LogP contribution in [-0.2, 0) is 0 Å². The van der Waals surface area contributed by atoms with Gasteiger partial charge in [-0.15, -0.1) is 0 Å². The molecule has 2 N–H and O–H groups in total. The number of hydrogen-bond acceptors (Lipinski definition) is 1. The van der Waals surface area contributed by atoms with Gasteiger partial charge in [-0.25, -0.2) is 4.39 Å². The average Bonchev–Trinajstić information content (AvgIpc) is 2.01. The fourth-order valence-electron chi connectivity index (χ4n) is 0.878. The van der Waals surface area contributed by atoms with E-state index in [0.717, 1.165) is 4.47 Å². The Balaban J connectivity index is 3.00. The third kappa shape index (κ3) is 2.44. The third-order valence-corrected chi connectivity index (χ3v) is 2.16. The molecular weight excluding hydrogens is 244 g/mol. The summed E-state index contributed by atoms with van der Waals surface area (Å²) in [6.45, 7) is -0.577. The number of rotatable bonds is 2. The van der Waals surface area contributed by atoms with Crippen LogP contribution in [0.2, 0.25) is 5.02 Å². The molecule has 0 saturated carbocycles. The molecule has 0 amide bonds. The summed E-state index contributed by atoms with van der Waals surface area (Å²) in [6, 6.07) is 4.57. The van der Waals surface area contributed by atoms with E-state index in [9.17, 15) is 4.39 Å². The van der Waals surface area contributed by atoms with Gasteiger partial charge in [0.05, 0.1) is 6.04 Å². The molecule has 0 aliphatic carbocycles. The highest BCUT2D eigenvalue weighted by atomic mass is 79.9. The van der Waals surface area contributed by atoms with Crippen LogP contribution in [0.25, 0.3) is 0 Å². The van der Waals surface area contributed by atoms with Crippen molar-refractivity contribution in [2.75, 3.05) is 6.67 Å². The minimum Gasteiger partial charge on any atom is -0.322 e. The van der Waals surface area contributed by atoms with Gasteiger partial charge in [0, 0.05) is 9.50 Å². The number of hydrogen-bond donors (Lipinski definition) is 1. The summed E-state index contributed by atoms with van der Waals surface area (Å²) in [7, 11) is 0. The summed E-state index contributed by atoms with van der Waals surface area (Å²) in [5, 5.41) is 0.559. The molecule has 0 aliphatic heterocycles. The van der Waals surface area contributed by atoms with Crippen molar-refractivity contribution in [3.05, 3.63) is 33.3 Å². The van der Waals surface area contributed by atoms with Crippen molar-refractivity contribution in [3.8, 4) is 0 Å². The highest BCUT2D eigenvalue weighted by Crippen LogP contribution is 2.22. The third-order valence-electron chi connectivity index (χ3n) is 1.48. The summed E-state index contributed by atoms with van der Waals surface area (Å²) in [4.78, 5) is 0. The molecule has 66 valence electrons. The van der Waals surface area contributed by atoms with Gasteiger partial charge in [0.1, 0.15) is 6.67 Å². The van der Waals surface area contributed by atoms with Crippen LogP contribution in [0.5, 0.6) is 0 Å². The van der Waals surface area contributed by atoms with Crippen molar-refractivity contribution in [1.29, 1.82) is 0 Å². The van der Waals surface area contributed by atoms with E-state index in [1.54, 1.807) is 18.2 Å². The fraction of sp³-hybridized carbons (Fsp3) is 0.250. The van der Waals surface area contributed by atoms with E-state index in [1.807, 2.05) is 0 Å². The van der Waals surface area contributed by atoms with Crippen LogP contribution in [0.4, 0.5) is 4.39 Å². The van der Waals surface area contributed by atoms with E-state index in [4.69, 9.17) is 17.3 Å². The summed E-state index contributed by atoms with van der Waals surface area (Å²) in [5.41, 5.74) is 6.18. The molecule has 0 heterocycles. The second-order valence-electron chi connectivity index (χ2n) is 2.46. The van der Waals surface area contributed by atoms with Crippen molar-refractivity contribution in [2.24, 2.45) is 5.73 Å². The van der Waals surface area contributed by atoms with Crippen LogP contribution in [0.15, 0.2) is 22.7 Å². The molecule has 0 spiro atoms. The maximum absolute atomic E-state index is 12.2. The first-order valence-electron chi connectivity index (χ1n) is 3.41. The van der Waals surface area contributed by atoms with Crippen LogP contribution in [0.1, 0.15) is 11.6 Å². The van der Waals surface area contributed by atoms with Crippen LogP contribution in [-0.4, -0.2) is 6.67 Å². The monoisotopic (exact) mass is 251 g/mol. The quantitative estimate of drug-likeness (QED) is 0.860. The first-order valence-corrected chi connectivity index (χ1v) is 4.58. The van der Waals surface area contributed by atoms with Gasteiger partial charge in [0.2, 0.25) is 0 Å². The lowest BCUT2D eigenvalue weighted by molar-refractivity contribution is 0.437. The van der Waals surface area contributed by atoms with Gasteiger partial charge >= 0.3 is 0 Å². The van der Waals surface area contributed by atoms with Crippen LogP contribution in [0.3, 0.4) is 0 Å². The van der Waals surface area contributed by atoms with E-state index in [0.29, 0.717) is 10.6 Å². The minimum absolute atomic E-state index is 0.559. The highest BCUT2D eigenvalue weighted by molar-refractivity contribution is 9.10. The number of benzene rings is 1. The lowest BCUT2D eigenvalue weighted by Crippen LogP contribution is -2.11. The molecule has 0 saturated heterocycles. The second kappa shape index (κ2) is 4.21. The molecule has 1 atom stereocenters. The van der Waals surface area contributed by atoms with E-state index in [-0.39, 0.29) is 0 Å². The lowest BCUT2D eigenvalue weighted by Gasteiger charge is -2.07. The van der Waals surface area contributed by atoms with Crippen molar-refractivity contribution < 1.29 is 4.39 Å². The van der Waals surface area contributed by atoms with Gasteiger partial charge in [0.15, 0.2) is 0 Å². The SMILES string of the molecule is NC(CF)c1cc(Cl)cc(Br)c1. The largest absolute Gasteiger partial charge is 0.322 e. The van der Waals surface area contributed by atoms with Crippen LogP contribution >= 0.6 is 27.5 Å². The molecular formula is C8H8BrClFN. The molecule has 0 aromatic heterocycles. The zero-order valence-electron chi connectivity index (χ0n) is 6.23. The van der Waals surface area contributed by atoms with E-state index in [2.05, 4.69) is 15.9 Å². The van der Waals surface area contributed by atoms with E-state index >= 15 is 0 Å². The molecule has 0 bridgehead atoms. The standard InChI is InChI=1S/C8H8BrClFN/c9-6-1-5(8(12)4-11)2-7(10)3-6/h1-3,8H,4,12H2. The van der Waals surface area contributed by atoms with E-state index < -0.39 is 12.7 Å². The Morgan fingerprint density at radius 1 is 1.50 bits per heavy atom. The summed E-state index contributed by atoms with van der Waals surface area (Å²) in [5.74, 6) is 0. The highest BCUT2D eigenvalue weighted by Gasteiger charge is 2.06.